The first-order valence-electron chi connectivity index (χ1n) is 8.28. The molecule has 1 N–H and O–H groups in total. The predicted molar refractivity (Wildman–Crippen MR) is 83.9 cm³/mol. The Hall–Kier alpha value is -1.77. The molecule has 3 rings (SSSR count). The maximum atomic E-state index is 12.0. The highest BCUT2D eigenvalue weighted by Crippen LogP contribution is 2.47. The number of hydrogen-bond donors (Lipinski definition) is 1. The minimum Gasteiger partial charge on any atom is -0.505 e. The lowest BCUT2D eigenvalue weighted by atomic mass is 9.97. The number of esters is 1. The topological polar surface area (TPSA) is 121 Å². The molecular weight excluding hydrogens is 348 g/mol. The van der Waals surface area contributed by atoms with E-state index in [2.05, 4.69) is 4.98 Å². The van der Waals surface area contributed by atoms with Crippen molar-refractivity contribution in [1.82, 2.24) is 0 Å². The van der Waals surface area contributed by atoms with Gasteiger partial charge in [-0.05, 0) is 27.7 Å². The summed E-state index contributed by atoms with van der Waals surface area (Å²) in [6, 6.07) is 0. The number of aliphatic hydroxyl groups excluding tert-OH is 1. The Morgan fingerprint density at radius 2 is 1.92 bits per heavy atom. The fourth-order valence-corrected chi connectivity index (χ4v) is 3.44. The van der Waals surface area contributed by atoms with Crippen molar-refractivity contribution in [2.75, 3.05) is 13.2 Å². The van der Waals surface area contributed by atoms with Crippen LogP contribution in [0.2, 0.25) is 0 Å². The number of nitrogens with zero attached hydrogens (tertiary/aromatic N) is 2. The molecule has 144 valence electrons. The second-order valence-corrected chi connectivity index (χ2v) is 7.41. The van der Waals surface area contributed by atoms with Crippen molar-refractivity contribution < 1.29 is 38.3 Å². The fourth-order valence-electron chi connectivity index (χ4n) is 3.44. The van der Waals surface area contributed by atoms with Gasteiger partial charge in [-0.25, -0.2) is 4.79 Å². The second-order valence-electron chi connectivity index (χ2n) is 7.41. The van der Waals surface area contributed by atoms with Crippen LogP contribution in [-0.2, 0) is 33.2 Å². The Kier molecular flexibility index (Phi) is 4.49. The van der Waals surface area contributed by atoms with Crippen LogP contribution in [0, 0.1) is 5.39 Å². The highest BCUT2D eigenvalue weighted by atomic mass is 16.9. The Balaban J connectivity index is 1.81. The molecule has 0 amide bonds. The number of fused-ring (bicyclic) bond motifs is 3. The molecule has 0 saturated carbocycles. The molecule has 3 saturated heterocycles. The van der Waals surface area contributed by atoms with Crippen LogP contribution in [-0.4, -0.2) is 60.0 Å². The number of carbonyl (C=O) groups is 1. The summed E-state index contributed by atoms with van der Waals surface area (Å²) in [4.78, 5) is 14.8. The SMILES string of the molecule is C/C(O)=C(\[N+]#N)C(=O)OC[C@@]12OC[C@H]3OC(C)(C)O[C@H]3[C@@H]1OC(C)(C)O2. The van der Waals surface area contributed by atoms with Gasteiger partial charge in [0.2, 0.25) is 11.2 Å². The standard InChI is InChI=1S/C16H22N2O8/c1-8(19)10(18-17)13(20)21-7-16-12(25-15(4,5)26-16)11-9(6-22-16)23-14(2,3)24-11/h9,11-12H,6-7H2,1-5H3/p+1/t9-,11-,12+,16+/m1/s1. The van der Waals surface area contributed by atoms with E-state index >= 15 is 0 Å². The molecule has 4 atom stereocenters. The molecule has 3 aliphatic heterocycles. The van der Waals surface area contributed by atoms with Gasteiger partial charge in [0.05, 0.1) is 6.61 Å². The van der Waals surface area contributed by atoms with Crippen molar-refractivity contribution in [3.05, 3.63) is 16.4 Å². The van der Waals surface area contributed by atoms with E-state index in [-0.39, 0.29) is 19.3 Å². The van der Waals surface area contributed by atoms with Gasteiger partial charge >= 0.3 is 11.7 Å². The first kappa shape index (κ1) is 19.0. The van der Waals surface area contributed by atoms with E-state index in [0.717, 1.165) is 0 Å². The maximum absolute atomic E-state index is 12.0. The Labute approximate surface area is 150 Å². The number of diazo groups is 1. The number of ether oxygens (including phenoxy) is 6. The third-order valence-corrected chi connectivity index (χ3v) is 4.32. The smallest absolute Gasteiger partial charge is 0.504 e. The number of carbonyl (C=O) groups excluding carboxylic acids is 1. The number of rotatable bonds is 3. The summed E-state index contributed by atoms with van der Waals surface area (Å²) >= 11 is 0. The van der Waals surface area contributed by atoms with Crippen LogP contribution in [0.3, 0.4) is 0 Å². The van der Waals surface area contributed by atoms with Crippen LogP contribution in [0.25, 0.3) is 4.98 Å². The van der Waals surface area contributed by atoms with E-state index in [9.17, 15) is 9.90 Å². The van der Waals surface area contributed by atoms with Crippen molar-refractivity contribution in [2.24, 2.45) is 0 Å². The molecule has 3 heterocycles. The Bertz CT molecular complexity index is 678. The summed E-state index contributed by atoms with van der Waals surface area (Å²) in [5, 5.41) is 18.2. The molecule has 10 nitrogen and oxygen atoms in total. The van der Waals surface area contributed by atoms with E-state index in [1.165, 1.54) is 6.92 Å². The Morgan fingerprint density at radius 3 is 2.54 bits per heavy atom. The van der Waals surface area contributed by atoms with Gasteiger partial charge in [0, 0.05) is 6.92 Å². The molecule has 0 unspecified atom stereocenters. The molecule has 0 radical (unpaired) electrons. The molecule has 26 heavy (non-hydrogen) atoms. The van der Waals surface area contributed by atoms with Crippen LogP contribution >= 0.6 is 0 Å². The van der Waals surface area contributed by atoms with Gasteiger partial charge in [-0.3, -0.25) is 0 Å². The minimum absolute atomic E-state index is 0.160. The van der Waals surface area contributed by atoms with Gasteiger partial charge in [0.15, 0.2) is 22.3 Å². The molecule has 0 aliphatic carbocycles. The fraction of sp³-hybridized carbons (Fsp3) is 0.812. The number of allylic oxidation sites excluding steroid dienone is 1. The van der Waals surface area contributed by atoms with Crippen molar-refractivity contribution in [3.8, 4) is 0 Å². The van der Waals surface area contributed by atoms with Crippen LogP contribution in [0.1, 0.15) is 34.6 Å². The van der Waals surface area contributed by atoms with Gasteiger partial charge in [0.25, 0.3) is 0 Å². The average molecular weight is 371 g/mol. The molecule has 0 aromatic carbocycles. The predicted octanol–water partition coefficient (Wildman–Crippen LogP) is 1.57. The average Bonchev–Trinajstić information content (AvgIpc) is 2.97. The third-order valence-electron chi connectivity index (χ3n) is 4.32. The summed E-state index contributed by atoms with van der Waals surface area (Å²) in [6.45, 7) is 8.01. The molecule has 3 aliphatic rings. The lowest BCUT2D eigenvalue weighted by Crippen LogP contribution is -2.60. The molecule has 0 aromatic heterocycles. The van der Waals surface area contributed by atoms with Crippen molar-refractivity contribution >= 4 is 5.97 Å². The molecule has 0 spiro atoms. The third kappa shape index (κ3) is 3.28. The zero-order valence-electron chi connectivity index (χ0n) is 15.3. The van der Waals surface area contributed by atoms with E-state index in [4.69, 9.17) is 33.8 Å². The summed E-state index contributed by atoms with van der Waals surface area (Å²) in [6.07, 6.45) is -1.53. The van der Waals surface area contributed by atoms with Gasteiger partial charge in [-0.1, -0.05) is 0 Å². The minimum atomic E-state index is -1.41. The zero-order chi connectivity index (χ0) is 19.3. The lowest BCUT2D eigenvalue weighted by molar-refractivity contribution is -0.295. The molecule has 3 fully saturated rings. The van der Waals surface area contributed by atoms with Gasteiger partial charge in [0.1, 0.15) is 24.9 Å². The van der Waals surface area contributed by atoms with Crippen LogP contribution in [0.15, 0.2) is 11.5 Å². The highest BCUT2D eigenvalue weighted by molar-refractivity contribution is 5.90. The van der Waals surface area contributed by atoms with Crippen LogP contribution in [0.4, 0.5) is 0 Å². The van der Waals surface area contributed by atoms with E-state index in [1.54, 1.807) is 27.7 Å². The second kappa shape index (κ2) is 6.14. The molecule has 0 bridgehead atoms. The van der Waals surface area contributed by atoms with Crippen molar-refractivity contribution in [1.29, 1.82) is 5.39 Å². The summed E-state index contributed by atoms with van der Waals surface area (Å²) in [5.41, 5.74) is -0.605. The summed E-state index contributed by atoms with van der Waals surface area (Å²) < 4.78 is 34.6. The van der Waals surface area contributed by atoms with E-state index < -0.39 is 47.0 Å². The monoisotopic (exact) mass is 371 g/mol. The van der Waals surface area contributed by atoms with Crippen LogP contribution in [0.5, 0.6) is 0 Å². The summed E-state index contributed by atoms with van der Waals surface area (Å²) in [5.74, 6) is -4.72. The van der Waals surface area contributed by atoms with Gasteiger partial charge in [-0.15, -0.1) is 0 Å². The quantitative estimate of drug-likeness (QED) is 0.341. The summed E-state index contributed by atoms with van der Waals surface area (Å²) in [7, 11) is 0. The largest absolute Gasteiger partial charge is 0.505 e. The zero-order valence-corrected chi connectivity index (χ0v) is 15.3. The maximum Gasteiger partial charge on any atom is 0.504 e. The lowest BCUT2D eigenvalue weighted by Gasteiger charge is -2.39. The van der Waals surface area contributed by atoms with E-state index in [0.29, 0.717) is 0 Å². The van der Waals surface area contributed by atoms with E-state index in [1.807, 2.05) is 0 Å². The number of hydrogen-bond acceptors (Lipinski definition) is 9. The number of aliphatic hydroxyl groups is 1. The van der Waals surface area contributed by atoms with Crippen LogP contribution < -0.4 is 0 Å². The normalized spacial score (nSPS) is 37.9. The van der Waals surface area contributed by atoms with Gasteiger partial charge < -0.3 is 33.5 Å². The Morgan fingerprint density at radius 1 is 1.23 bits per heavy atom. The first-order chi connectivity index (χ1) is 12.0. The van der Waals surface area contributed by atoms with Crippen molar-refractivity contribution in [3.63, 3.8) is 0 Å². The molecular formula is C16H23N2O8+. The first-order valence-corrected chi connectivity index (χ1v) is 8.28. The van der Waals surface area contributed by atoms with Crippen molar-refractivity contribution in [2.45, 2.75) is 70.3 Å². The molecule has 10 heteroatoms. The van der Waals surface area contributed by atoms with Gasteiger partial charge in [-0.2, -0.15) is 0 Å². The molecule has 0 aromatic rings. The highest BCUT2D eigenvalue weighted by Gasteiger charge is 2.66.